The molecule has 0 saturated carbocycles. The van der Waals surface area contributed by atoms with Crippen molar-refractivity contribution < 1.29 is 19.4 Å². The number of methoxy groups -OCH3 is 1. The third-order valence-electron chi connectivity index (χ3n) is 7.35. The first kappa shape index (κ1) is 26.2. The number of likely N-dealkylation sites (tertiary alicyclic amines) is 1. The van der Waals surface area contributed by atoms with Crippen LogP contribution < -0.4 is 10.5 Å². The highest BCUT2D eigenvalue weighted by molar-refractivity contribution is 6.00. The SMILES string of the molecule is COc1ccc2cc(-c3nn(C4CCCCO4)c4ccc(C(=O)O)cc34)ccc2c1.NCCN1CCCC1. The average molecular weight is 517 g/mol. The molecule has 2 aliphatic rings. The molecule has 2 fully saturated rings. The topological polar surface area (TPSA) is 103 Å². The molecule has 6 rings (SSSR count). The van der Waals surface area contributed by atoms with Crippen LogP contribution in [0.25, 0.3) is 32.9 Å². The average Bonchev–Trinajstić information content (AvgIpc) is 3.61. The molecule has 0 bridgehead atoms. The van der Waals surface area contributed by atoms with Gasteiger partial charge in [0.25, 0.3) is 0 Å². The second-order valence-electron chi connectivity index (χ2n) is 9.92. The van der Waals surface area contributed by atoms with Gasteiger partial charge in [-0.3, -0.25) is 0 Å². The largest absolute Gasteiger partial charge is 0.497 e. The lowest BCUT2D eigenvalue weighted by Gasteiger charge is -2.23. The first-order valence-electron chi connectivity index (χ1n) is 13.4. The summed E-state index contributed by atoms with van der Waals surface area (Å²) in [5.74, 6) is -0.138. The normalized spacial score (nSPS) is 17.9. The molecule has 3 heterocycles. The number of ether oxygens (including phenoxy) is 2. The number of aromatic carboxylic acids is 1. The number of hydrogen-bond donors (Lipinski definition) is 2. The number of nitrogens with two attached hydrogens (primary N) is 1. The van der Waals surface area contributed by atoms with Crippen LogP contribution in [0.15, 0.2) is 54.6 Å². The van der Waals surface area contributed by atoms with E-state index < -0.39 is 5.97 Å². The van der Waals surface area contributed by atoms with E-state index in [2.05, 4.69) is 11.0 Å². The fraction of sp³-hybridized carbons (Fsp3) is 0.400. The minimum atomic E-state index is -0.949. The second kappa shape index (κ2) is 11.9. The molecular formula is C30H36N4O4. The van der Waals surface area contributed by atoms with Gasteiger partial charge in [0, 0.05) is 30.6 Å². The molecule has 0 spiro atoms. The summed E-state index contributed by atoms with van der Waals surface area (Å²) < 4.78 is 13.2. The standard InChI is InChI=1S/C24H22N2O4.C6H14N2/c1-29-19-9-7-15-12-17(6-5-16(15)13-19)23-20-14-18(24(27)28)8-10-21(20)26(25-23)22-4-2-3-11-30-22;7-3-6-8-4-1-2-5-8/h5-10,12-14,22H,2-4,11H2,1H3,(H,27,28);1-7H2. The summed E-state index contributed by atoms with van der Waals surface area (Å²) in [4.78, 5) is 14.0. The summed E-state index contributed by atoms with van der Waals surface area (Å²) in [5, 5.41) is 17.3. The molecule has 38 heavy (non-hydrogen) atoms. The zero-order chi connectivity index (χ0) is 26.5. The van der Waals surface area contributed by atoms with Gasteiger partial charge in [-0.1, -0.05) is 18.2 Å². The Morgan fingerprint density at radius 3 is 2.55 bits per heavy atom. The molecule has 8 heteroatoms. The third kappa shape index (κ3) is 5.67. The van der Waals surface area contributed by atoms with E-state index in [9.17, 15) is 9.90 Å². The van der Waals surface area contributed by atoms with Gasteiger partial charge in [0.1, 0.15) is 11.4 Å². The van der Waals surface area contributed by atoms with Gasteiger partial charge in [-0.15, -0.1) is 0 Å². The van der Waals surface area contributed by atoms with Gasteiger partial charge >= 0.3 is 5.97 Å². The van der Waals surface area contributed by atoms with E-state index in [-0.39, 0.29) is 11.8 Å². The molecule has 0 aliphatic carbocycles. The van der Waals surface area contributed by atoms with Gasteiger partial charge in [0.05, 0.1) is 18.2 Å². The van der Waals surface area contributed by atoms with Crippen molar-refractivity contribution in [1.82, 2.24) is 14.7 Å². The van der Waals surface area contributed by atoms with Gasteiger partial charge < -0.3 is 25.2 Å². The Morgan fingerprint density at radius 2 is 1.84 bits per heavy atom. The summed E-state index contributed by atoms with van der Waals surface area (Å²) >= 11 is 0. The van der Waals surface area contributed by atoms with Crippen LogP contribution in [0.4, 0.5) is 0 Å². The van der Waals surface area contributed by atoms with Crippen molar-refractivity contribution in [3.8, 4) is 17.0 Å². The third-order valence-corrected chi connectivity index (χ3v) is 7.35. The van der Waals surface area contributed by atoms with Crippen LogP contribution in [0.3, 0.4) is 0 Å². The summed E-state index contributed by atoms with van der Waals surface area (Å²) in [7, 11) is 1.65. The lowest BCUT2D eigenvalue weighted by Crippen LogP contribution is -2.26. The van der Waals surface area contributed by atoms with E-state index in [0.29, 0.717) is 6.61 Å². The molecule has 200 valence electrons. The Bertz CT molecular complexity index is 1400. The number of nitrogens with zero attached hydrogens (tertiary/aromatic N) is 3. The van der Waals surface area contributed by atoms with Crippen LogP contribution in [-0.2, 0) is 4.74 Å². The first-order valence-corrected chi connectivity index (χ1v) is 13.4. The van der Waals surface area contributed by atoms with Crippen molar-refractivity contribution in [3.05, 3.63) is 60.2 Å². The zero-order valence-corrected chi connectivity index (χ0v) is 21.9. The summed E-state index contributed by atoms with van der Waals surface area (Å²) in [6.07, 6.45) is 5.66. The van der Waals surface area contributed by atoms with Gasteiger partial charge in [0.15, 0.2) is 6.23 Å². The van der Waals surface area contributed by atoms with E-state index >= 15 is 0 Å². The lowest BCUT2D eigenvalue weighted by atomic mass is 10.0. The Balaban J connectivity index is 0.000000316. The fourth-order valence-corrected chi connectivity index (χ4v) is 5.31. The van der Waals surface area contributed by atoms with E-state index in [1.54, 1.807) is 19.2 Å². The summed E-state index contributed by atoms with van der Waals surface area (Å²) in [5.41, 5.74) is 8.20. The molecule has 2 aliphatic heterocycles. The maximum absolute atomic E-state index is 11.6. The predicted octanol–water partition coefficient (Wildman–Crippen LogP) is 5.30. The Hall–Kier alpha value is -3.46. The Kier molecular flexibility index (Phi) is 8.22. The molecule has 1 atom stereocenters. The maximum Gasteiger partial charge on any atom is 0.335 e. The van der Waals surface area contributed by atoms with Crippen molar-refractivity contribution >= 4 is 27.6 Å². The van der Waals surface area contributed by atoms with Crippen LogP contribution in [0.1, 0.15) is 48.7 Å². The number of carboxylic acids is 1. The van der Waals surface area contributed by atoms with Crippen LogP contribution in [0.5, 0.6) is 5.75 Å². The zero-order valence-electron chi connectivity index (χ0n) is 21.9. The molecule has 1 aromatic heterocycles. The molecule has 4 aromatic rings. The quantitative estimate of drug-likeness (QED) is 0.358. The van der Waals surface area contributed by atoms with Crippen molar-refractivity contribution in [2.45, 2.75) is 38.3 Å². The van der Waals surface area contributed by atoms with Crippen LogP contribution in [0.2, 0.25) is 0 Å². The molecule has 3 N–H and O–H groups in total. The van der Waals surface area contributed by atoms with Crippen LogP contribution in [0, 0.1) is 0 Å². The van der Waals surface area contributed by atoms with Crippen molar-refractivity contribution in [1.29, 1.82) is 0 Å². The Morgan fingerprint density at radius 1 is 1.05 bits per heavy atom. The molecule has 1 unspecified atom stereocenters. The second-order valence-corrected chi connectivity index (χ2v) is 9.92. The summed E-state index contributed by atoms with van der Waals surface area (Å²) in [6, 6.07) is 17.2. The van der Waals surface area contributed by atoms with Crippen LogP contribution in [-0.4, -0.2) is 65.7 Å². The number of benzene rings is 3. The van der Waals surface area contributed by atoms with Crippen molar-refractivity contribution in [2.24, 2.45) is 5.73 Å². The van der Waals surface area contributed by atoms with E-state index in [4.69, 9.17) is 20.3 Å². The molecule has 2 saturated heterocycles. The van der Waals surface area contributed by atoms with Crippen LogP contribution >= 0.6 is 0 Å². The fourth-order valence-electron chi connectivity index (χ4n) is 5.31. The minimum absolute atomic E-state index is 0.129. The smallest absolute Gasteiger partial charge is 0.335 e. The molecule has 0 radical (unpaired) electrons. The van der Waals surface area contributed by atoms with Gasteiger partial charge in [0.2, 0.25) is 0 Å². The predicted molar refractivity (Wildman–Crippen MR) is 150 cm³/mol. The number of carbonyl (C=O) groups is 1. The van der Waals surface area contributed by atoms with Crippen molar-refractivity contribution in [2.75, 3.05) is 39.9 Å². The molecule has 8 nitrogen and oxygen atoms in total. The number of rotatable bonds is 6. The van der Waals surface area contributed by atoms with Gasteiger partial charge in [-0.05, 0) is 92.4 Å². The van der Waals surface area contributed by atoms with Gasteiger partial charge in [-0.25, -0.2) is 9.48 Å². The van der Waals surface area contributed by atoms with Gasteiger partial charge in [-0.2, -0.15) is 5.10 Å². The highest BCUT2D eigenvalue weighted by Gasteiger charge is 2.22. The first-order chi connectivity index (χ1) is 18.6. The summed E-state index contributed by atoms with van der Waals surface area (Å²) in [6.45, 7) is 5.18. The number of carboxylic acid groups (broad SMARTS) is 1. The van der Waals surface area contributed by atoms with Crippen molar-refractivity contribution in [3.63, 3.8) is 0 Å². The van der Waals surface area contributed by atoms with E-state index in [0.717, 1.165) is 71.0 Å². The highest BCUT2D eigenvalue weighted by atomic mass is 16.5. The van der Waals surface area contributed by atoms with E-state index in [1.807, 2.05) is 41.1 Å². The molecule has 0 amide bonds. The number of fused-ring (bicyclic) bond motifs is 2. The number of hydrogen-bond acceptors (Lipinski definition) is 6. The monoisotopic (exact) mass is 516 g/mol. The number of aromatic nitrogens is 2. The lowest BCUT2D eigenvalue weighted by molar-refractivity contribution is -0.0365. The van der Waals surface area contributed by atoms with E-state index in [1.165, 1.54) is 25.9 Å². The molecular weight excluding hydrogens is 480 g/mol. The highest BCUT2D eigenvalue weighted by Crippen LogP contribution is 2.35. The minimum Gasteiger partial charge on any atom is -0.497 e. The maximum atomic E-state index is 11.6. The Labute approximate surface area is 222 Å². The molecule has 3 aromatic carbocycles.